The normalized spacial score (nSPS) is 11.5. The van der Waals surface area contributed by atoms with Crippen LogP contribution in [0.1, 0.15) is 0 Å². The van der Waals surface area contributed by atoms with E-state index in [1.807, 2.05) is 0 Å². The topological polar surface area (TPSA) is 148 Å². The largest absolute Gasteiger partial charge is 0.497 e. The Kier molecular flexibility index (Phi) is 7.90. The number of rotatable bonds is 8. The van der Waals surface area contributed by atoms with E-state index in [2.05, 4.69) is 20.6 Å². The number of nitrogens with zero attached hydrogens (tertiary/aromatic N) is 4. The first-order valence-corrected chi connectivity index (χ1v) is 13.2. The molecule has 0 saturated carbocycles. The third-order valence-corrected chi connectivity index (χ3v) is 6.58. The number of benzene rings is 3. The van der Waals surface area contributed by atoms with Crippen molar-refractivity contribution in [3.63, 3.8) is 0 Å². The summed E-state index contributed by atoms with van der Waals surface area (Å²) in [4.78, 5) is 34.1. The summed E-state index contributed by atoms with van der Waals surface area (Å²) in [5.41, 5.74) is 1.56. The van der Waals surface area contributed by atoms with Crippen LogP contribution in [-0.2, 0) is 11.3 Å². The van der Waals surface area contributed by atoms with Gasteiger partial charge in [-0.2, -0.15) is 0 Å². The number of aromatic nitrogens is 3. The summed E-state index contributed by atoms with van der Waals surface area (Å²) < 4.78 is 36.0. The lowest BCUT2D eigenvalue weighted by Gasteiger charge is -2.23. The molecule has 0 aliphatic rings. The molecule has 0 aliphatic carbocycles. The van der Waals surface area contributed by atoms with Gasteiger partial charge in [-0.1, -0.05) is 24.3 Å². The first-order chi connectivity index (χ1) is 19.9. The Morgan fingerprint density at radius 1 is 0.878 bits per heavy atom. The molecule has 0 fully saturated rings. The van der Waals surface area contributed by atoms with Crippen LogP contribution in [0.25, 0.3) is 11.0 Å². The van der Waals surface area contributed by atoms with E-state index in [1.165, 1.54) is 38.6 Å². The summed E-state index contributed by atoms with van der Waals surface area (Å²) in [5, 5.41) is 5.80. The van der Waals surface area contributed by atoms with Gasteiger partial charge in [0, 0.05) is 41.8 Å². The number of carbonyl (C=O) groups is 1. The molecule has 0 saturated heterocycles. The lowest BCUT2D eigenvalue weighted by atomic mass is 10.2. The Bertz CT molecular complexity index is 1810. The fourth-order valence-electron chi connectivity index (χ4n) is 4.01. The summed E-state index contributed by atoms with van der Waals surface area (Å²) in [6.45, 7) is 0. The molecule has 2 aromatic heterocycles. The van der Waals surface area contributed by atoms with Crippen molar-refractivity contribution in [1.82, 2.24) is 14.5 Å². The maximum absolute atomic E-state index is 12.8. The summed E-state index contributed by atoms with van der Waals surface area (Å²) in [6.07, 6.45) is 1.34. The lowest BCUT2D eigenvalue weighted by Crippen LogP contribution is -2.29. The number of nitrogens with one attached hydrogen (secondary N) is 2. The highest BCUT2D eigenvalue weighted by Crippen LogP contribution is 2.36. The molecule has 0 spiro atoms. The predicted molar refractivity (Wildman–Crippen MR) is 157 cm³/mol. The van der Waals surface area contributed by atoms with Gasteiger partial charge in [0.1, 0.15) is 11.5 Å². The van der Waals surface area contributed by atoms with Gasteiger partial charge >= 0.3 is 6.03 Å². The summed E-state index contributed by atoms with van der Waals surface area (Å²) in [6, 6.07) is 22.1. The number of fused-ring (bicyclic) bond motifs is 1. The lowest BCUT2D eigenvalue weighted by molar-refractivity contribution is 0.252. The van der Waals surface area contributed by atoms with E-state index in [-0.39, 0.29) is 23.0 Å². The molecule has 3 aromatic carbocycles. The van der Waals surface area contributed by atoms with E-state index >= 15 is 0 Å². The van der Waals surface area contributed by atoms with Gasteiger partial charge in [0.05, 0.1) is 30.9 Å². The highest BCUT2D eigenvalue weighted by molar-refractivity contribution is 7.81. The van der Waals surface area contributed by atoms with Crippen LogP contribution >= 0.6 is 0 Å². The SMILES string of the molecule is COc1cc(Nc2nc3ccccc3nc2N(c2cccc(NC(=O)n3ccccc3=O)c2)S(=O)O)cc(OC)c1. The molecule has 1 amide bonds. The standard InChI is InChI=1S/C28H24N6O6S/c1-39-21-15-19(16-22(17-21)40-2)29-26-27(32-24-11-4-3-10-23(24)31-26)34(41(37)38)20-9-7-8-18(14-20)30-28(36)33-13-6-5-12-25(33)35/h3-17H,1-2H3,(H,29,31)(H,30,36)(H,37,38). The monoisotopic (exact) mass is 572 g/mol. The first-order valence-electron chi connectivity index (χ1n) is 12.1. The van der Waals surface area contributed by atoms with Gasteiger partial charge in [-0.3, -0.25) is 9.35 Å². The van der Waals surface area contributed by atoms with Crippen LogP contribution in [0, 0.1) is 0 Å². The minimum absolute atomic E-state index is 0.0362. The van der Waals surface area contributed by atoms with Crippen LogP contribution in [0.4, 0.5) is 33.5 Å². The van der Waals surface area contributed by atoms with Crippen molar-refractivity contribution < 1.29 is 23.0 Å². The second-order valence-corrected chi connectivity index (χ2v) is 9.35. The van der Waals surface area contributed by atoms with Crippen LogP contribution in [0.2, 0.25) is 0 Å². The van der Waals surface area contributed by atoms with Crippen molar-refractivity contribution in [3.8, 4) is 11.5 Å². The zero-order valence-electron chi connectivity index (χ0n) is 21.8. The van der Waals surface area contributed by atoms with Crippen LogP contribution in [0.3, 0.4) is 0 Å². The number of hydrogen-bond donors (Lipinski definition) is 3. The number of methoxy groups -OCH3 is 2. The second-order valence-electron chi connectivity index (χ2n) is 8.53. The van der Waals surface area contributed by atoms with E-state index in [4.69, 9.17) is 9.47 Å². The zero-order chi connectivity index (χ0) is 28.9. The fraction of sp³-hybridized carbons (Fsp3) is 0.0714. The summed E-state index contributed by atoms with van der Waals surface area (Å²) in [7, 11) is 3.05. The fourth-order valence-corrected chi connectivity index (χ4v) is 4.58. The maximum Gasteiger partial charge on any atom is 0.332 e. The molecule has 0 aliphatic heterocycles. The molecule has 0 radical (unpaired) electrons. The van der Waals surface area contributed by atoms with Crippen LogP contribution in [-0.4, -0.2) is 43.5 Å². The Morgan fingerprint density at radius 3 is 2.22 bits per heavy atom. The van der Waals surface area contributed by atoms with Gasteiger partial charge in [-0.25, -0.2) is 27.8 Å². The minimum atomic E-state index is -2.62. The highest BCUT2D eigenvalue weighted by atomic mass is 32.2. The quantitative estimate of drug-likeness (QED) is 0.221. The van der Waals surface area contributed by atoms with E-state index in [0.29, 0.717) is 28.2 Å². The van der Waals surface area contributed by atoms with Crippen molar-refractivity contribution in [3.05, 3.63) is 101 Å². The van der Waals surface area contributed by atoms with Crippen LogP contribution in [0.15, 0.2) is 95.9 Å². The Hall–Kier alpha value is -5.27. The summed E-state index contributed by atoms with van der Waals surface area (Å²) in [5.74, 6) is 1.25. The number of anilines is 5. The summed E-state index contributed by atoms with van der Waals surface area (Å²) >= 11 is -2.62. The molecule has 3 N–H and O–H groups in total. The molecule has 0 bridgehead atoms. The smallest absolute Gasteiger partial charge is 0.332 e. The Labute approximate surface area is 236 Å². The van der Waals surface area contributed by atoms with E-state index < -0.39 is 22.9 Å². The third-order valence-electron chi connectivity index (χ3n) is 5.89. The van der Waals surface area contributed by atoms with Gasteiger partial charge in [0.25, 0.3) is 16.8 Å². The molecular formula is C28H24N6O6S. The molecule has 5 rings (SSSR count). The number of para-hydroxylation sites is 2. The molecule has 5 aromatic rings. The van der Waals surface area contributed by atoms with Gasteiger partial charge in [0.2, 0.25) is 0 Å². The van der Waals surface area contributed by atoms with Crippen molar-refractivity contribution in [2.45, 2.75) is 0 Å². The molecule has 1 atom stereocenters. The van der Waals surface area contributed by atoms with Gasteiger partial charge < -0.3 is 20.1 Å². The Morgan fingerprint density at radius 2 is 1.56 bits per heavy atom. The molecule has 13 heteroatoms. The average Bonchev–Trinajstić information content (AvgIpc) is 2.97. The zero-order valence-corrected chi connectivity index (χ0v) is 22.7. The van der Waals surface area contributed by atoms with Crippen molar-refractivity contribution in [2.75, 3.05) is 29.2 Å². The number of carbonyl (C=O) groups excluding carboxylic acids is 1. The second kappa shape index (κ2) is 11.9. The van der Waals surface area contributed by atoms with Gasteiger partial charge in [-0.15, -0.1) is 0 Å². The number of hydrogen-bond acceptors (Lipinski definition) is 8. The minimum Gasteiger partial charge on any atom is -0.497 e. The Balaban J connectivity index is 1.58. The van der Waals surface area contributed by atoms with Crippen LogP contribution < -0.4 is 30.0 Å². The maximum atomic E-state index is 12.8. The third kappa shape index (κ3) is 6.00. The first kappa shape index (κ1) is 27.3. The molecule has 2 heterocycles. The molecule has 208 valence electrons. The molecule has 1 unspecified atom stereocenters. The van der Waals surface area contributed by atoms with Crippen molar-refractivity contribution in [1.29, 1.82) is 0 Å². The van der Waals surface area contributed by atoms with Gasteiger partial charge in [-0.05, 0) is 36.4 Å². The molecule has 41 heavy (non-hydrogen) atoms. The van der Waals surface area contributed by atoms with E-state index in [9.17, 15) is 18.4 Å². The van der Waals surface area contributed by atoms with E-state index in [1.54, 1.807) is 66.7 Å². The average molecular weight is 573 g/mol. The van der Waals surface area contributed by atoms with Crippen LogP contribution in [0.5, 0.6) is 11.5 Å². The highest BCUT2D eigenvalue weighted by Gasteiger charge is 2.24. The number of ether oxygens (including phenoxy) is 2. The number of amides is 1. The van der Waals surface area contributed by atoms with E-state index in [0.717, 1.165) is 8.87 Å². The predicted octanol–water partition coefficient (Wildman–Crippen LogP) is 4.91. The van der Waals surface area contributed by atoms with Crippen molar-refractivity contribution >= 4 is 57.0 Å². The number of pyridine rings is 1. The molecule has 12 nitrogen and oxygen atoms in total. The van der Waals surface area contributed by atoms with Crippen molar-refractivity contribution in [2.24, 2.45) is 0 Å². The van der Waals surface area contributed by atoms with Gasteiger partial charge in [0.15, 0.2) is 11.6 Å². The molecular weight excluding hydrogens is 548 g/mol.